The maximum atomic E-state index is 11.0. The second kappa shape index (κ2) is 7.34. The van der Waals surface area contributed by atoms with Crippen molar-refractivity contribution in [1.82, 2.24) is 9.97 Å². The summed E-state index contributed by atoms with van der Waals surface area (Å²) in [6, 6.07) is -0.418. The van der Waals surface area contributed by atoms with Crippen LogP contribution in [0.1, 0.15) is 26.2 Å². The molecule has 0 amide bonds. The van der Waals surface area contributed by atoms with Crippen molar-refractivity contribution in [1.29, 1.82) is 0 Å². The van der Waals surface area contributed by atoms with E-state index in [0.717, 1.165) is 12.2 Å². The molecule has 0 bridgehead atoms. The zero-order chi connectivity index (χ0) is 16.3. The van der Waals surface area contributed by atoms with E-state index in [4.69, 9.17) is 22.4 Å². The zero-order valence-electron chi connectivity index (χ0n) is 12.1. The fraction of sp³-hybridized carbons (Fsp3) is 0.615. The molecular weight excluding hydrogens is 328 g/mol. The summed E-state index contributed by atoms with van der Waals surface area (Å²) in [5.74, 6) is -0.280. The first kappa shape index (κ1) is 17.1. The number of anilines is 2. The number of thioether (sulfide) groups is 1. The minimum atomic E-state index is -0.906. The van der Waals surface area contributed by atoms with Gasteiger partial charge in [0.15, 0.2) is 16.1 Å². The Hall–Kier alpha value is -1.25. The van der Waals surface area contributed by atoms with E-state index < -0.39 is 24.0 Å². The Bertz CT molecular complexity index is 560. The Kier molecular flexibility index (Phi) is 5.71. The van der Waals surface area contributed by atoms with Crippen LogP contribution in [-0.4, -0.2) is 44.0 Å². The lowest BCUT2D eigenvalue weighted by molar-refractivity contribution is -0.141. The Morgan fingerprint density at radius 2 is 2.23 bits per heavy atom. The van der Waals surface area contributed by atoms with Crippen LogP contribution < -0.4 is 11.1 Å². The Morgan fingerprint density at radius 3 is 2.82 bits per heavy atom. The predicted molar refractivity (Wildman–Crippen MR) is 86.2 cm³/mol. The van der Waals surface area contributed by atoms with Gasteiger partial charge >= 0.3 is 5.97 Å². The van der Waals surface area contributed by atoms with Gasteiger partial charge in [0, 0.05) is 5.75 Å². The second-order valence-corrected chi connectivity index (χ2v) is 6.65. The molecule has 1 aliphatic carbocycles. The number of aromatic nitrogens is 2. The fourth-order valence-electron chi connectivity index (χ4n) is 2.34. The molecule has 5 N–H and O–H groups in total. The van der Waals surface area contributed by atoms with Crippen LogP contribution in [0.5, 0.6) is 0 Å². The minimum absolute atomic E-state index is 0.151. The van der Waals surface area contributed by atoms with Crippen molar-refractivity contribution >= 4 is 40.8 Å². The normalized spacial score (nSPS) is 24.4. The highest BCUT2D eigenvalue weighted by Crippen LogP contribution is 2.32. The van der Waals surface area contributed by atoms with Gasteiger partial charge in [-0.2, -0.15) is 0 Å². The van der Waals surface area contributed by atoms with Gasteiger partial charge in [0.1, 0.15) is 5.69 Å². The summed E-state index contributed by atoms with van der Waals surface area (Å²) in [5.41, 5.74) is 6.07. The zero-order valence-corrected chi connectivity index (χ0v) is 13.7. The molecule has 122 valence electrons. The van der Waals surface area contributed by atoms with Gasteiger partial charge in [-0.15, -0.1) is 0 Å². The summed E-state index contributed by atoms with van der Waals surface area (Å²) >= 11 is 7.48. The largest absolute Gasteiger partial charge is 0.481 e. The van der Waals surface area contributed by atoms with E-state index in [0.29, 0.717) is 17.4 Å². The first-order valence-corrected chi connectivity index (χ1v) is 8.42. The van der Waals surface area contributed by atoms with Crippen molar-refractivity contribution < 1.29 is 15.0 Å². The number of nitrogens with zero attached hydrogens (tertiary/aromatic N) is 2. The number of rotatable bonds is 6. The lowest BCUT2D eigenvalue weighted by Gasteiger charge is -2.18. The van der Waals surface area contributed by atoms with Crippen molar-refractivity contribution in [2.75, 3.05) is 16.8 Å². The first-order chi connectivity index (χ1) is 10.4. The van der Waals surface area contributed by atoms with Gasteiger partial charge in [-0.3, -0.25) is 4.79 Å². The SMILES string of the molecule is CCCSc1nc(Cl)c(N)c(NC2CC(C(=O)O)CC2O)n1. The molecule has 0 saturated heterocycles. The van der Waals surface area contributed by atoms with E-state index in [2.05, 4.69) is 15.3 Å². The number of carboxylic acids is 1. The number of nitrogen functional groups attached to an aromatic ring is 1. The maximum Gasteiger partial charge on any atom is 0.306 e. The molecule has 2 rings (SSSR count). The second-order valence-electron chi connectivity index (χ2n) is 5.23. The number of aliphatic hydroxyl groups is 1. The summed E-state index contributed by atoms with van der Waals surface area (Å²) in [6.07, 6.45) is 0.736. The van der Waals surface area contributed by atoms with Crippen LogP contribution in [0.15, 0.2) is 5.16 Å². The molecule has 1 aromatic heterocycles. The van der Waals surface area contributed by atoms with Crippen LogP contribution in [0.3, 0.4) is 0 Å². The Balaban J connectivity index is 2.14. The molecular formula is C13H19ClN4O3S. The van der Waals surface area contributed by atoms with E-state index in [-0.39, 0.29) is 17.3 Å². The van der Waals surface area contributed by atoms with Crippen LogP contribution in [0.25, 0.3) is 0 Å². The molecule has 9 heteroatoms. The first-order valence-electron chi connectivity index (χ1n) is 7.05. The number of hydrogen-bond acceptors (Lipinski definition) is 7. The molecule has 3 unspecified atom stereocenters. The lowest BCUT2D eigenvalue weighted by atomic mass is 10.1. The van der Waals surface area contributed by atoms with Crippen molar-refractivity contribution in [3.8, 4) is 0 Å². The Morgan fingerprint density at radius 1 is 1.50 bits per heavy atom. The number of hydrogen-bond donors (Lipinski definition) is 4. The minimum Gasteiger partial charge on any atom is -0.481 e. The van der Waals surface area contributed by atoms with Gasteiger partial charge in [-0.25, -0.2) is 9.97 Å². The average molecular weight is 347 g/mol. The molecule has 22 heavy (non-hydrogen) atoms. The van der Waals surface area contributed by atoms with Gasteiger partial charge in [0.25, 0.3) is 0 Å². The van der Waals surface area contributed by atoms with E-state index in [1.165, 1.54) is 11.8 Å². The highest BCUT2D eigenvalue weighted by Gasteiger charge is 2.37. The number of halogens is 1. The molecule has 0 aliphatic heterocycles. The summed E-state index contributed by atoms with van der Waals surface area (Å²) in [4.78, 5) is 19.4. The number of aliphatic carboxylic acids is 1. The van der Waals surface area contributed by atoms with Gasteiger partial charge in [-0.05, 0) is 19.3 Å². The molecule has 0 radical (unpaired) electrons. The van der Waals surface area contributed by atoms with E-state index in [1.54, 1.807) is 0 Å². The van der Waals surface area contributed by atoms with Crippen LogP contribution in [0, 0.1) is 5.92 Å². The topological polar surface area (TPSA) is 121 Å². The molecule has 1 heterocycles. The van der Waals surface area contributed by atoms with Gasteiger partial charge in [0.2, 0.25) is 0 Å². The third-order valence-electron chi connectivity index (χ3n) is 3.51. The molecule has 7 nitrogen and oxygen atoms in total. The van der Waals surface area contributed by atoms with Gasteiger partial charge < -0.3 is 21.3 Å². The predicted octanol–water partition coefficient (Wildman–Crippen LogP) is 1.85. The number of nitrogens with one attached hydrogen (secondary N) is 1. The quantitative estimate of drug-likeness (QED) is 0.350. The van der Waals surface area contributed by atoms with Crippen molar-refractivity contribution in [2.45, 2.75) is 43.5 Å². The molecule has 0 aromatic carbocycles. The van der Waals surface area contributed by atoms with Crippen molar-refractivity contribution in [3.63, 3.8) is 0 Å². The number of aliphatic hydroxyl groups excluding tert-OH is 1. The van der Waals surface area contributed by atoms with Gasteiger partial charge in [0.05, 0.1) is 18.1 Å². The van der Waals surface area contributed by atoms with Gasteiger partial charge in [-0.1, -0.05) is 30.3 Å². The summed E-state index contributed by atoms with van der Waals surface area (Å²) in [7, 11) is 0. The monoisotopic (exact) mass is 346 g/mol. The number of carboxylic acid groups (broad SMARTS) is 1. The average Bonchev–Trinajstić information content (AvgIpc) is 2.83. The van der Waals surface area contributed by atoms with Crippen molar-refractivity contribution in [3.05, 3.63) is 5.15 Å². The van der Waals surface area contributed by atoms with E-state index in [9.17, 15) is 9.90 Å². The van der Waals surface area contributed by atoms with Crippen molar-refractivity contribution in [2.24, 2.45) is 5.92 Å². The van der Waals surface area contributed by atoms with Crippen LogP contribution in [0.4, 0.5) is 11.5 Å². The highest BCUT2D eigenvalue weighted by atomic mass is 35.5. The highest BCUT2D eigenvalue weighted by molar-refractivity contribution is 7.99. The smallest absolute Gasteiger partial charge is 0.306 e. The maximum absolute atomic E-state index is 11.0. The number of carbonyl (C=O) groups is 1. The van der Waals surface area contributed by atoms with E-state index in [1.807, 2.05) is 6.92 Å². The third-order valence-corrected chi connectivity index (χ3v) is 4.86. The standard InChI is InChI=1S/C13H19ClN4O3S/c1-2-3-22-13-17-10(14)9(15)11(18-13)16-7-4-6(12(20)21)5-8(7)19/h6-8,19H,2-5,15H2,1H3,(H,20,21)(H,16,17,18). The summed E-state index contributed by atoms with van der Waals surface area (Å²) in [6.45, 7) is 2.05. The van der Waals surface area contributed by atoms with Crippen LogP contribution in [-0.2, 0) is 4.79 Å². The summed E-state index contributed by atoms with van der Waals surface area (Å²) < 4.78 is 0. The number of nitrogens with two attached hydrogens (primary N) is 1. The molecule has 1 aromatic rings. The third kappa shape index (κ3) is 3.93. The molecule has 1 aliphatic rings. The lowest BCUT2D eigenvalue weighted by Crippen LogP contribution is -2.29. The molecule has 0 spiro atoms. The Labute approximate surface area is 137 Å². The van der Waals surface area contributed by atoms with Crippen LogP contribution >= 0.6 is 23.4 Å². The summed E-state index contributed by atoms with van der Waals surface area (Å²) in [5, 5.41) is 22.7. The molecule has 1 fully saturated rings. The van der Waals surface area contributed by atoms with Crippen LogP contribution in [0.2, 0.25) is 5.15 Å². The molecule has 1 saturated carbocycles. The van der Waals surface area contributed by atoms with E-state index >= 15 is 0 Å². The molecule has 3 atom stereocenters. The fourth-order valence-corrected chi connectivity index (χ4v) is 3.26.